The van der Waals surface area contributed by atoms with Crippen molar-refractivity contribution in [1.29, 1.82) is 0 Å². The number of hydrogen-bond donors (Lipinski definition) is 1. The van der Waals surface area contributed by atoms with Crippen molar-refractivity contribution in [2.45, 2.75) is 38.6 Å². The Hall–Kier alpha value is -1.32. The van der Waals surface area contributed by atoms with E-state index in [9.17, 15) is 0 Å². The Morgan fingerprint density at radius 3 is 2.75 bits per heavy atom. The summed E-state index contributed by atoms with van der Waals surface area (Å²) in [5.41, 5.74) is 0. The van der Waals surface area contributed by atoms with Gasteiger partial charge in [-0.1, -0.05) is 6.92 Å². The molecule has 2 rings (SSSR count). The fourth-order valence-corrected chi connectivity index (χ4v) is 1.78. The molecule has 0 bridgehead atoms. The lowest BCUT2D eigenvalue weighted by Crippen LogP contribution is -2.21. The number of rotatable bonds is 5. The second kappa shape index (κ2) is 4.68. The van der Waals surface area contributed by atoms with Gasteiger partial charge in [0.05, 0.1) is 0 Å². The van der Waals surface area contributed by atoms with Crippen molar-refractivity contribution in [3.05, 3.63) is 11.9 Å². The third kappa shape index (κ3) is 2.43. The van der Waals surface area contributed by atoms with Gasteiger partial charge in [0.2, 0.25) is 0 Å². The van der Waals surface area contributed by atoms with Crippen LogP contribution in [0, 0.1) is 0 Å². The summed E-state index contributed by atoms with van der Waals surface area (Å²) in [5.74, 6) is 2.91. The van der Waals surface area contributed by atoms with Gasteiger partial charge in [-0.2, -0.15) is 0 Å². The van der Waals surface area contributed by atoms with E-state index in [-0.39, 0.29) is 0 Å². The maximum absolute atomic E-state index is 4.61. The predicted octanol–water partition coefficient (Wildman–Crippen LogP) is 2.07. The van der Waals surface area contributed by atoms with Gasteiger partial charge in [0, 0.05) is 32.6 Å². The van der Waals surface area contributed by atoms with Crippen molar-refractivity contribution in [3.63, 3.8) is 0 Å². The van der Waals surface area contributed by atoms with Gasteiger partial charge in [-0.15, -0.1) is 0 Å². The summed E-state index contributed by atoms with van der Waals surface area (Å²) in [6.07, 6.45) is 4.61. The van der Waals surface area contributed by atoms with E-state index >= 15 is 0 Å². The van der Waals surface area contributed by atoms with E-state index in [0.29, 0.717) is 6.04 Å². The van der Waals surface area contributed by atoms with Crippen molar-refractivity contribution >= 4 is 11.6 Å². The first-order valence-electron chi connectivity index (χ1n) is 6.03. The molecule has 0 spiro atoms. The number of nitrogens with one attached hydrogen (secondary N) is 1. The van der Waals surface area contributed by atoms with Crippen LogP contribution < -0.4 is 10.2 Å². The van der Waals surface area contributed by atoms with Crippen LogP contribution in [-0.2, 0) is 6.42 Å². The smallest absolute Gasteiger partial charge is 0.134 e. The van der Waals surface area contributed by atoms with Crippen LogP contribution in [0.2, 0.25) is 0 Å². The van der Waals surface area contributed by atoms with Crippen LogP contribution in [0.15, 0.2) is 6.07 Å². The minimum Gasteiger partial charge on any atom is -0.373 e. The van der Waals surface area contributed by atoms with Gasteiger partial charge >= 0.3 is 0 Å². The molecule has 1 saturated carbocycles. The van der Waals surface area contributed by atoms with Crippen molar-refractivity contribution in [2.24, 2.45) is 0 Å². The van der Waals surface area contributed by atoms with Gasteiger partial charge in [-0.25, -0.2) is 9.97 Å². The maximum Gasteiger partial charge on any atom is 0.134 e. The van der Waals surface area contributed by atoms with Crippen LogP contribution in [0.25, 0.3) is 0 Å². The Morgan fingerprint density at radius 1 is 1.44 bits per heavy atom. The molecule has 0 saturated heterocycles. The molecule has 1 aromatic heterocycles. The van der Waals surface area contributed by atoms with E-state index in [1.807, 2.05) is 13.1 Å². The fourth-order valence-electron chi connectivity index (χ4n) is 1.78. The summed E-state index contributed by atoms with van der Waals surface area (Å²) in [5, 5.41) is 3.10. The summed E-state index contributed by atoms with van der Waals surface area (Å²) in [6.45, 7) is 2.15. The van der Waals surface area contributed by atoms with Gasteiger partial charge in [0.25, 0.3) is 0 Å². The second-order valence-electron chi connectivity index (χ2n) is 4.37. The quantitative estimate of drug-likeness (QED) is 0.824. The summed E-state index contributed by atoms with van der Waals surface area (Å²) in [4.78, 5) is 11.3. The highest BCUT2D eigenvalue weighted by Crippen LogP contribution is 2.29. The van der Waals surface area contributed by atoms with E-state index in [1.54, 1.807) is 0 Å². The molecule has 0 aliphatic heterocycles. The average Bonchev–Trinajstić information content (AvgIpc) is 3.12. The normalized spacial score (nSPS) is 14.9. The van der Waals surface area contributed by atoms with Crippen molar-refractivity contribution in [1.82, 2.24) is 9.97 Å². The molecule has 0 aromatic carbocycles. The third-order valence-electron chi connectivity index (χ3n) is 2.94. The molecule has 0 amide bonds. The molecule has 0 unspecified atom stereocenters. The first kappa shape index (κ1) is 11.2. The van der Waals surface area contributed by atoms with Crippen molar-refractivity contribution < 1.29 is 0 Å². The molecule has 4 nitrogen and oxygen atoms in total. The minimum atomic E-state index is 0.689. The molecule has 4 heteroatoms. The summed E-state index contributed by atoms with van der Waals surface area (Å²) < 4.78 is 0. The summed E-state index contributed by atoms with van der Waals surface area (Å²) in [7, 11) is 4.02. The predicted molar refractivity (Wildman–Crippen MR) is 67.0 cm³/mol. The van der Waals surface area contributed by atoms with E-state index in [2.05, 4.69) is 34.2 Å². The first-order chi connectivity index (χ1) is 7.74. The zero-order valence-corrected chi connectivity index (χ0v) is 10.3. The molecule has 1 N–H and O–H groups in total. The lowest BCUT2D eigenvalue weighted by Gasteiger charge is -2.18. The minimum absolute atomic E-state index is 0.689. The summed E-state index contributed by atoms with van der Waals surface area (Å²) >= 11 is 0. The molecule has 16 heavy (non-hydrogen) atoms. The van der Waals surface area contributed by atoms with Gasteiger partial charge < -0.3 is 10.2 Å². The molecule has 1 heterocycles. The monoisotopic (exact) mass is 220 g/mol. The Balaban J connectivity index is 2.24. The highest BCUT2D eigenvalue weighted by molar-refractivity contribution is 5.50. The first-order valence-corrected chi connectivity index (χ1v) is 6.03. The van der Waals surface area contributed by atoms with Gasteiger partial charge in [-0.3, -0.25) is 0 Å². The highest BCUT2D eigenvalue weighted by atomic mass is 15.2. The molecule has 88 valence electrons. The molecule has 1 fully saturated rings. The van der Waals surface area contributed by atoms with Gasteiger partial charge in [0.15, 0.2) is 0 Å². The van der Waals surface area contributed by atoms with Crippen LogP contribution in [0.4, 0.5) is 11.6 Å². The van der Waals surface area contributed by atoms with Gasteiger partial charge in [0.1, 0.15) is 17.5 Å². The van der Waals surface area contributed by atoms with Crippen LogP contribution >= 0.6 is 0 Å². The van der Waals surface area contributed by atoms with Crippen molar-refractivity contribution in [2.75, 3.05) is 24.3 Å². The van der Waals surface area contributed by atoms with Gasteiger partial charge in [-0.05, 0) is 19.3 Å². The molecule has 1 aromatic rings. The Labute approximate surface area is 97.1 Å². The molecule has 1 aliphatic rings. The summed E-state index contributed by atoms with van der Waals surface area (Å²) in [6, 6.07) is 2.71. The van der Waals surface area contributed by atoms with Crippen LogP contribution in [0.1, 0.15) is 32.0 Å². The molecular weight excluding hydrogens is 200 g/mol. The lowest BCUT2D eigenvalue weighted by atomic mass is 10.3. The van der Waals surface area contributed by atoms with E-state index < -0.39 is 0 Å². The maximum atomic E-state index is 4.61. The Bertz CT molecular complexity index is 360. The second-order valence-corrected chi connectivity index (χ2v) is 4.37. The zero-order valence-electron chi connectivity index (χ0n) is 10.3. The molecule has 0 radical (unpaired) electrons. The molecule has 0 atom stereocenters. The van der Waals surface area contributed by atoms with Crippen LogP contribution in [0.3, 0.4) is 0 Å². The van der Waals surface area contributed by atoms with E-state index in [1.165, 1.54) is 12.8 Å². The number of hydrogen-bond acceptors (Lipinski definition) is 4. The molecular formula is C12H20N4. The third-order valence-corrected chi connectivity index (χ3v) is 2.94. The molecule has 1 aliphatic carbocycles. The zero-order chi connectivity index (χ0) is 11.5. The number of anilines is 2. The van der Waals surface area contributed by atoms with Crippen molar-refractivity contribution in [3.8, 4) is 0 Å². The number of aryl methyl sites for hydroxylation is 1. The topological polar surface area (TPSA) is 41.1 Å². The van der Waals surface area contributed by atoms with E-state index in [4.69, 9.17) is 0 Å². The number of aromatic nitrogens is 2. The Morgan fingerprint density at radius 2 is 2.19 bits per heavy atom. The SMILES string of the molecule is CCCc1nc(NC)cc(N(C)C2CC2)n1. The van der Waals surface area contributed by atoms with E-state index in [0.717, 1.165) is 30.3 Å². The average molecular weight is 220 g/mol. The number of nitrogens with zero attached hydrogens (tertiary/aromatic N) is 3. The highest BCUT2D eigenvalue weighted by Gasteiger charge is 2.27. The fraction of sp³-hybridized carbons (Fsp3) is 0.667. The van der Waals surface area contributed by atoms with Crippen LogP contribution in [0.5, 0.6) is 0 Å². The van der Waals surface area contributed by atoms with Crippen LogP contribution in [-0.4, -0.2) is 30.1 Å². The Kier molecular flexibility index (Phi) is 3.27. The standard InChI is InChI=1S/C12H20N4/c1-4-5-10-14-11(13-2)8-12(15-10)16(3)9-6-7-9/h8-9H,4-7H2,1-3H3,(H,13,14,15). The largest absolute Gasteiger partial charge is 0.373 e. The lowest BCUT2D eigenvalue weighted by molar-refractivity contribution is 0.812.